The molecule has 0 aromatic carbocycles. The lowest BCUT2D eigenvalue weighted by atomic mass is 10.1. The minimum Gasteiger partial charge on any atom is -0.385 e. The molecular weight excluding hydrogens is 200 g/mol. The average molecular weight is 220 g/mol. The maximum Gasteiger partial charge on any atom is 0.0474 e. The lowest BCUT2D eigenvalue weighted by molar-refractivity contribution is 0.167. The minimum atomic E-state index is 0.575. The number of likely N-dealkylation sites (tertiary alicyclic amines) is 1. The van der Waals surface area contributed by atoms with E-state index in [2.05, 4.69) is 16.0 Å². The van der Waals surface area contributed by atoms with Crippen LogP contribution in [0, 0.1) is 0 Å². The Bertz CT molecular complexity index is 302. The van der Waals surface area contributed by atoms with Crippen molar-refractivity contribution in [3.05, 3.63) is 30.1 Å². The molecule has 1 atom stereocenters. The Labute approximate surface area is 97.4 Å². The van der Waals surface area contributed by atoms with Gasteiger partial charge in [-0.2, -0.15) is 0 Å². The van der Waals surface area contributed by atoms with Gasteiger partial charge in [0.25, 0.3) is 0 Å². The third kappa shape index (κ3) is 2.80. The molecule has 0 amide bonds. The van der Waals surface area contributed by atoms with Crippen LogP contribution in [0.1, 0.15) is 30.9 Å². The van der Waals surface area contributed by atoms with E-state index in [0.717, 1.165) is 19.6 Å². The number of pyridine rings is 1. The molecule has 1 aliphatic heterocycles. The van der Waals surface area contributed by atoms with Crippen LogP contribution in [0.2, 0.25) is 0 Å². The summed E-state index contributed by atoms with van der Waals surface area (Å²) in [5.74, 6) is 0. The van der Waals surface area contributed by atoms with Crippen LogP contribution in [-0.2, 0) is 4.74 Å². The maximum absolute atomic E-state index is 5.10. The number of nitrogens with zero attached hydrogens (tertiary/aromatic N) is 2. The second-order valence-electron chi connectivity index (χ2n) is 4.33. The number of hydrogen-bond donors (Lipinski definition) is 0. The Morgan fingerprint density at radius 1 is 1.56 bits per heavy atom. The summed E-state index contributed by atoms with van der Waals surface area (Å²) in [5.41, 5.74) is 1.36. The molecule has 1 saturated heterocycles. The van der Waals surface area contributed by atoms with Crippen molar-refractivity contribution < 1.29 is 4.74 Å². The van der Waals surface area contributed by atoms with E-state index < -0.39 is 0 Å². The predicted molar refractivity (Wildman–Crippen MR) is 64.3 cm³/mol. The lowest BCUT2D eigenvalue weighted by Crippen LogP contribution is -2.25. The zero-order chi connectivity index (χ0) is 11.2. The number of hydrogen-bond acceptors (Lipinski definition) is 3. The highest BCUT2D eigenvalue weighted by molar-refractivity contribution is 5.15. The largest absolute Gasteiger partial charge is 0.385 e. The molecule has 0 spiro atoms. The SMILES string of the molecule is COCCCN1CCCC1c1cccnc1. The van der Waals surface area contributed by atoms with Crippen molar-refractivity contribution in [1.29, 1.82) is 0 Å². The number of aromatic nitrogens is 1. The second kappa shape index (κ2) is 5.97. The standard InChI is InChI=1S/C13H20N2O/c1-16-10-4-9-15-8-3-6-13(15)12-5-2-7-14-11-12/h2,5,7,11,13H,3-4,6,8-10H2,1H3. The Morgan fingerprint density at radius 2 is 2.50 bits per heavy atom. The van der Waals surface area contributed by atoms with Crippen LogP contribution in [0.25, 0.3) is 0 Å². The third-order valence-electron chi connectivity index (χ3n) is 3.23. The van der Waals surface area contributed by atoms with Crippen LogP contribution in [0.15, 0.2) is 24.5 Å². The van der Waals surface area contributed by atoms with Gasteiger partial charge in [-0.3, -0.25) is 9.88 Å². The highest BCUT2D eigenvalue weighted by atomic mass is 16.5. The molecule has 2 heterocycles. The Kier molecular flexibility index (Phi) is 4.31. The molecule has 1 unspecified atom stereocenters. The zero-order valence-electron chi connectivity index (χ0n) is 9.93. The summed E-state index contributed by atoms with van der Waals surface area (Å²) in [6, 6.07) is 4.79. The van der Waals surface area contributed by atoms with Crippen LogP contribution < -0.4 is 0 Å². The Morgan fingerprint density at radius 3 is 3.25 bits per heavy atom. The summed E-state index contributed by atoms with van der Waals surface area (Å²) in [5, 5.41) is 0. The van der Waals surface area contributed by atoms with E-state index in [9.17, 15) is 0 Å². The van der Waals surface area contributed by atoms with Crippen LogP contribution in [0.5, 0.6) is 0 Å². The normalized spacial score (nSPS) is 21.4. The van der Waals surface area contributed by atoms with Gasteiger partial charge in [-0.1, -0.05) is 6.07 Å². The van der Waals surface area contributed by atoms with E-state index in [1.165, 1.54) is 24.9 Å². The molecule has 0 aliphatic carbocycles. The summed E-state index contributed by atoms with van der Waals surface area (Å²) in [6.07, 6.45) is 7.52. The highest BCUT2D eigenvalue weighted by Crippen LogP contribution is 2.31. The monoisotopic (exact) mass is 220 g/mol. The molecule has 16 heavy (non-hydrogen) atoms. The zero-order valence-corrected chi connectivity index (χ0v) is 9.93. The molecule has 0 radical (unpaired) electrons. The van der Waals surface area contributed by atoms with Gasteiger partial charge in [-0.15, -0.1) is 0 Å². The summed E-state index contributed by atoms with van der Waals surface area (Å²) in [7, 11) is 1.77. The van der Waals surface area contributed by atoms with Gasteiger partial charge >= 0.3 is 0 Å². The number of methoxy groups -OCH3 is 1. The van der Waals surface area contributed by atoms with Crippen LogP contribution >= 0.6 is 0 Å². The van der Waals surface area contributed by atoms with E-state index in [-0.39, 0.29) is 0 Å². The molecule has 0 saturated carbocycles. The van der Waals surface area contributed by atoms with Gasteiger partial charge < -0.3 is 4.74 Å². The van der Waals surface area contributed by atoms with Crippen LogP contribution in [0.4, 0.5) is 0 Å². The topological polar surface area (TPSA) is 25.4 Å². The fraction of sp³-hybridized carbons (Fsp3) is 0.615. The molecule has 2 rings (SSSR count). The quantitative estimate of drug-likeness (QED) is 0.712. The van der Waals surface area contributed by atoms with E-state index in [1.807, 2.05) is 18.5 Å². The van der Waals surface area contributed by atoms with Gasteiger partial charge in [-0.25, -0.2) is 0 Å². The summed E-state index contributed by atoms with van der Waals surface area (Å²) >= 11 is 0. The minimum absolute atomic E-state index is 0.575. The molecule has 0 N–H and O–H groups in total. The van der Waals surface area contributed by atoms with E-state index in [1.54, 1.807) is 7.11 Å². The molecule has 3 nitrogen and oxygen atoms in total. The highest BCUT2D eigenvalue weighted by Gasteiger charge is 2.25. The van der Waals surface area contributed by atoms with E-state index in [4.69, 9.17) is 4.74 Å². The van der Waals surface area contributed by atoms with Crippen molar-refractivity contribution >= 4 is 0 Å². The van der Waals surface area contributed by atoms with Crippen molar-refractivity contribution in [1.82, 2.24) is 9.88 Å². The lowest BCUT2D eigenvalue weighted by Gasteiger charge is -2.24. The number of ether oxygens (including phenoxy) is 1. The van der Waals surface area contributed by atoms with Crippen LogP contribution in [-0.4, -0.2) is 36.7 Å². The first-order chi connectivity index (χ1) is 7.92. The van der Waals surface area contributed by atoms with Crippen molar-refractivity contribution in [3.8, 4) is 0 Å². The fourth-order valence-electron chi connectivity index (χ4n) is 2.46. The first-order valence-corrected chi connectivity index (χ1v) is 6.04. The first kappa shape index (κ1) is 11.6. The molecule has 1 aromatic rings. The predicted octanol–water partition coefficient (Wildman–Crippen LogP) is 2.25. The Balaban J connectivity index is 1.93. The van der Waals surface area contributed by atoms with Gasteiger partial charge in [0, 0.05) is 38.7 Å². The molecule has 1 aliphatic rings. The third-order valence-corrected chi connectivity index (χ3v) is 3.23. The Hall–Kier alpha value is -0.930. The van der Waals surface area contributed by atoms with Gasteiger partial charge in [0.15, 0.2) is 0 Å². The van der Waals surface area contributed by atoms with Gasteiger partial charge in [0.1, 0.15) is 0 Å². The molecule has 1 aromatic heterocycles. The van der Waals surface area contributed by atoms with Crippen molar-refractivity contribution in [2.24, 2.45) is 0 Å². The second-order valence-corrected chi connectivity index (χ2v) is 4.33. The van der Waals surface area contributed by atoms with Crippen LogP contribution in [0.3, 0.4) is 0 Å². The van der Waals surface area contributed by atoms with Gasteiger partial charge in [0.05, 0.1) is 0 Å². The van der Waals surface area contributed by atoms with Crippen molar-refractivity contribution in [3.63, 3.8) is 0 Å². The number of rotatable bonds is 5. The summed E-state index contributed by atoms with van der Waals surface area (Å²) in [4.78, 5) is 6.76. The van der Waals surface area contributed by atoms with Crippen molar-refractivity contribution in [2.45, 2.75) is 25.3 Å². The van der Waals surface area contributed by atoms with Crippen molar-refractivity contribution in [2.75, 3.05) is 26.8 Å². The molecule has 88 valence electrons. The maximum atomic E-state index is 5.10. The molecule has 1 fully saturated rings. The molecular formula is C13H20N2O. The van der Waals surface area contributed by atoms with E-state index >= 15 is 0 Å². The fourth-order valence-corrected chi connectivity index (χ4v) is 2.46. The smallest absolute Gasteiger partial charge is 0.0474 e. The summed E-state index contributed by atoms with van der Waals surface area (Å²) < 4.78 is 5.10. The average Bonchev–Trinajstić information content (AvgIpc) is 2.79. The van der Waals surface area contributed by atoms with E-state index in [0.29, 0.717) is 6.04 Å². The molecule has 0 bridgehead atoms. The van der Waals surface area contributed by atoms with Gasteiger partial charge in [0.2, 0.25) is 0 Å². The first-order valence-electron chi connectivity index (χ1n) is 6.04. The summed E-state index contributed by atoms with van der Waals surface area (Å²) in [6.45, 7) is 3.20. The van der Waals surface area contributed by atoms with Gasteiger partial charge in [-0.05, 0) is 37.4 Å². The molecule has 3 heteroatoms.